The van der Waals surface area contributed by atoms with Crippen molar-refractivity contribution >= 4 is 35.6 Å². The summed E-state index contributed by atoms with van der Waals surface area (Å²) in [5, 5.41) is 0. The lowest BCUT2D eigenvalue weighted by atomic mass is 9.83. The molecule has 2 heterocycles. The minimum absolute atomic E-state index is 0.0272. The van der Waals surface area contributed by atoms with E-state index in [0.717, 1.165) is 17.7 Å². The van der Waals surface area contributed by atoms with Gasteiger partial charge in [-0.05, 0) is 47.9 Å². The Morgan fingerprint density at radius 2 is 1.58 bits per heavy atom. The van der Waals surface area contributed by atoms with E-state index in [0.29, 0.717) is 24.9 Å². The maximum absolute atomic E-state index is 13.9. The van der Waals surface area contributed by atoms with Crippen LogP contribution in [0.5, 0.6) is 0 Å². The van der Waals surface area contributed by atoms with E-state index >= 15 is 0 Å². The molecule has 38 heavy (non-hydrogen) atoms. The van der Waals surface area contributed by atoms with Crippen molar-refractivity contribution in [2.75, 3.05) is 24.5 Å². The maximum atomic E-state index is 13.9. The van der Waals surface area contributed by atoms with Gasteiger partial charge >= 0.3 is 0 Å². The molecule has 2 aromatic rings. The molecule has 4 rings (SSSR count). The topological polar surface area (TPSA) is 95.1 Å². The fraction of sp³-hybridized carbons (Fsp3) is 0.433. The van der Waals surface area contributed by atoms with Gasteiger partial charge in [-0.2, -0.15) is 0 Å². The molecular weight excluding hydrogens is 482 g/mol. The molecule has 8 nitrogen and oxygen atoms in total. The molecule has 0 spiro atoms. The Kier molecular flexibility index (Phi) is 7.28. The summed E-state index contributed by atoms with van der Waals surface area (Å²) in [6.45, 7) is 10.4. The molecule has 200 valence electrons. The fourth-order valence-corrected chi connectivity index (χ4v) is 5.32. The first-order chi connectivity index (χ1) is 17.9. The van der Waals surface area contributed by atoms with Crippen LogP contribution in [0.3, 0.4) is 0 Å². The zero-order valence-corrected chi connectivity index (χ0v) is 22.7. The number of imide groups is 1. The lowest BCUT2D eigenvalue weighted by Crippen LogP contribution is -2.53. The van der Waals surface area contributed by atoms with Crippen LogP contribution in [-0.2, 0) is 9.59 Å². The van der Waals surface area contributed by atoms with Gasteiger partial charge in [0, 0.05) is 13.1 Å². The average Bonchev–Trinajstić information content (AvgIpc) is 3.10. The highest BCUT2D eigenvalue weighted by Gasteiger charge is 2.41. The van der Waals surface area contributed by atoms with Gasteiger partial charge in [0.1, 0.15) is 12.8 Å². The van der Waals surface area contributed by atoms with Gasteiger partial charge in [0.15, 0.2) is 0 Å². The van der Waals surface area contributed by atoms with Crippen molar-refractivity contribution in [1.82, 2.24) is 9.80 Å². The van der Waals surface area contributed by atoms with Crippen LogP contribution in [0.15, 0.2) is 48.5 Å². The molecule has 0 aromatic heterocycles. The second-order valence-corrected chi connectivity index (χ2v) is 12.0. The number of carbonyl (C=O) groups excluding carboxylic acids is 5. The van der Waals surface area contributed by atoms with Crippen LogP contribution in [-0.4, -0.2) is 65.4 Å². The Hall–Kier alpha value is -3.81. The van der Waals surface area contributed by atoms with Crippen molar-refractivity contribution in [3.63, 3.8) is 0 Å². The van der Waals surface area contributed by atoms with Crippen molar-refractivity contribution in [2.24, 2.45) is 10.8 Å². The first-order valence-corrected chi connectivity index (χ1v) is 13.0. The van der Waals surface area contributed by atoms with Gasteiger partial charge in [-0.25, -0.2) is 0 Å². The van der Waals surface area contributed by atoms with Crippen LogP contribution in [0.2, 0.25) is 0 Å². The number of carbonyl (C=O) groups is 5. The molecule has 2 aliphatic heterocycles. The van der Waals surface area contributed by atoms with E-state index in [9.17, 15) is 24.0 Å². The Morgan fingerprint density at radius 1 is 1.00 bits per heavy atom. The van der Waals surface area contributed by atoms with Gasteiger partial charge in [-0.1, -0.05) is 58.9 Å². The van der Waals surface area contributed by atoms with E-state index in [1.807, 2.05) is 20.8 Å². The van der Waals surface area contributed by atoms with Crippen molar-refractivity contribution in [2.45, 2.75) is 53.5 Å². The van der Waals surface area contributed by atoms with Gasteiger partial charge in [0.2, 0.25) is 5.91 Å². The standard InChI is InChI=1S/C30H35N3O5/c1-29(2,3)24(18-34)33(25(35)17-32-27(37)20-11-6-7-12-21(20)28(32)38)23-14-9-8-13-22(23)26(36)31-16-10-15-30(4,5)19-31/h6-9,11-14,18,24H,10,15-17,19H2,1-5H3. The number of likely N-dealkylation sites (tertiary alicyclic amines) is 1. The van der Waals surface area contributed by atoms with E-state index in [4.69, 9.17) is 0 Å². The smallest absolute Gasteiger partial charge is 0.262 e. The number of aldehydes is 1. The van der Waals surface area contributed by atoms with Gasteiger partial charge in [-0.15, -0.1) is 0 Å². The summed E-state index contributed by atoms with van der Waals surface area (Å²) in [7, 11) is 0. The average molecular weight is 518 g/mol. The number of hydrogen-bond acceptors (Lipinski definition) is 5. The van der Waals surface area contributed by atoms with Crippen molar-refractivity contribution in [1.29, 1.82) is 0 Å². The predicted octanol–water partition coefficient (Wildman–Crippen LogP) is 4.19. The van der Waals surface area contributed by atoms with Crippen LogP contribution in [0, 0.1) is 10.8 Å². The molecule has 1 unspecified atom stereocenters. The summed E-state index contributed by atoms with van der Waals surface area (Å²) in [5.74, 6) is -1.95. The van der Waals surface area contributed by atoms with Crippen LogP contribution < -0.4 is 4.90 Å². The molecule has 8 heteroatoms. The Bertz CT molecular complexity index is 1260. The normalized spacial score (nSPS) is 17.7. The number of piperidine rings is 1. The Labute approximate surface area is 223 Å². The largest absolute Gasteiger partial charge is 0.338 e. The molecule has 0 radical (unpaired) electrons. The first kappa shape index (κ1) is 27.2. The van der Waals surface area contributed by atoms with E-state index < -0.39 is 35.7 Å². The number of fused-ring (bicyclic) bond motifs is 1. The number of para-hydroxylation sites is 1. The zero-order chi connectivity index (χ0) is 27.8. The third-order valence-electron chi connectivity index (χ3n) is 7.32. The van der Waals surface area contributed by atoms with Gasteiger partial charge in [-0.3, -0.25) is 29.0 Å². The third kappa shape index (κ3) is 5.12. The molecule has 1 atom stereocenters. The van der Waals surface area contributed by atoms with E-state index in [2.05, 4.69) is 13.8 Å². The molecule has 1 saturated heterocycles. The van der Waals surface area contributed by atoms with Crippen LogP contribution in [0.25, 0.3) is 0 Å². The van der Waals surface area contributed by atoms with Crippen LogP contribution >= 0.6 is 0 Å². The molecule has 0 N–H and O–H groups in total. The number of benzene rings is 2. The highest BCUT2D eigenvalue weighted by atomic mass is 16.2. The van der Waals surface area contributed by atoms with E-state index in [1.54, 1.807) is 53.4 Å². The van der Waals surface area contributed by atoms with Gasteiger partial charge < -0.3 is 9.69 Å². The Balaban J connectivity index is 1.73. The molecular formula is C30H35N3O5. The maximum Gasteiger partial charge on any atom is 0.262 e. The number of hydrogen-bond donors (Lipinski definition) is 0. The second-order valence-electron chi connectivity index (χ2n) is 12.0. The van der Waals surface area contributed by atoms with Gasteiger partial charge in [0.25, 0.3) is 17.7 Å². The molecule has 0 aliphatic carbocycles. The van der Waals surface area contributed by atoms with Gasteiger partial charge in [0.05, 0.1) is 28.4 Å². The second kappa shape index (κ2) is 10.2. The fourth-order valence-electron chi connectivity index (χ4n) is 5.32. The Morgan fingerprint density at radius 3 is 2.13 bits per heavy atom. The summed E-state index contributed by atoms with van der Waals surface area (Å²) in [5.41, 5.74) is 0.348. The molecule has 0 bridgehead atoms. The van der Waals surface area contributed by atoms with E-state index in [-0.39, 0.29) is 28.1 Å². The monoisotopic (exact) mass is 517 g/mol. The van der Waals surface area contributed by atoms with E-state index in [1.165, 1.54) is 4.90 Å². The van der Waals surface area contributed by atoms with Crippen molar-refractivity contribution < 1.29 is 24.0 Å². The lowest BCUT2D eigenvalue weighted by Gasteiger charge is -2.40. The molecule has 2 aromatic carbocycles. The highest BCUT2D eigenvalue weighted by molar-refractivity contribution is 6.23. The summed E-state index contributed by atoms with van der Waals surface area (Å²) in [6.07, 6.45) is 2.58. The van der Waals surface area contributed by atoms with Crippen LogP contribution in [0.4, 0.5) is 5.69 Å². The molecule has 2 aliphatic rings. The van der Waals surface area contributed by atoms with Crippen molar-refractivity contribution in [3.05, 3.63) is 65.2 Å². The molecule has 1 fully saturated rings. The number of nitrogens with zero attached hydrogens (tertiary/aromatic N) is 3. The predicted molar refractivity (Wildman–Crippen MR) is 144 cm³/mol. The minimum atomic E-state index is -0.947. The first-order valence-electron chi connectivity index (χ1n) is 13.0. The molecule has 0 saturated carbocycles. The highest BCUT2D eigenvalue weighted by Crippen LogP contribution is 2.34. The number of amides is 4. The molecule has 4 amide bonds. The lowest BCUT2D eigenvalue weighted by molar-refractivity contribution is -0.122. The minimum Gasteiger partial charge on any atom is -0.338 e. The van der Waals surface area contributed by atoms with Crippen molar-refractivity contribution in [3.8, 4) is 0 Å². The number of rotatable bonds is 6. The summed E-state index contributed by atoms with van der Waals surface area (Å²) in [6, 6.07) is 12.2. The summed E-state index contributed by atoms with van der Waals surface area (Å²) >= 11 is 0. The third-order valence-corrected chi connectivity index (χ3v) is 7.32. The van der Waals surface area contributed by atoms with Crippen LogP contribution in [0.1, 0.15) is 78.5 Å². The quantitative estimate of drug-likeness (QED) is 0.423. The SMILES string of the molecule is CC1(C)CCCN(C(=O)c2ccccc2N(C(=O)CN2C(=O)c3ccccc3C2=O)C(C=O)C(C)(C)C)C1. The zero-order valence-electron chi connectivity index (χ0n) is 22.7. The summed E-state index contributed by atoms with van der Waals surface area (Å²) < 4.78 is 0. The summed E-state index contributed by atoms with van der Waals surface area (Å²) in [4.78, 5) is 70.1. The number of anilines is 1.